The fraction of sp³-hybridized carbons (Fsp3) is 0.222. The second kappa shape index (κ2) is 7.83. The molecule has 0 saturated carbocycles. The van der Waals surface area contributed by atoms with Gasteiger partial charge in [-0.25, -0.2) is 13.6 Å². The maximum absolute atomic E-state index is 13.8. The van der Waals surface area contributed by atoms with Crippen LogP contribution in [0, 0.1) is 24.4 Å². The van der Waals surface area contributed by atoms with Gasteiger partial charge in [0.2, 0.25) is 11.6 Å². The first-order valence-corrected chi connectivity index (χ1v) is 7.34. The number of Topliss-reactive ketones (excluding diaryl/α,β-unsaturated/α-hetero) is 1. The number of benzene rings is 2. The normalized spacial score (nSPS) is 10.4. The van der Waals surface area contributed by atoms with E-state index < -0.39 is 35.8 Å². The van der Waals surface area contributed by atoms with E-state index in [1.165, 1.54) is 13.8 Å². The summed E-state index contributed by atoms with van der Waals surface area (Å²) in [4.78, 5) is 22.7. The van der Waals surface area contributed by atoms with Crippen LogP contribution in [-0.2, 0) is 16.0 Å². The maximum Gasteiger partial charge on any atom is 0.349 e. The van der Waals surface area contributed by atoms with Crippen molar-refractivity contribution < 1.29 is 32.2 Å². The van der Waals surface area contributed by atoms with Crippen molar-refractivity contribution in [2.75, 3.05) is 6.61 Å². The number of ketones is 1. The quantitative estimate of drug-likeness (QED) is 0.453. The molecule has 0 amide bonds. The van der Waals surface area contributed by atoms with Crippen molar-refractivity contribution in [1.82, 2.24) is 0 Å². The van der Waals surface area contributed by atoms with Crippen LogP contribution in [0.4, 0.5) is 13.2 Å². The van der Waals surface area contributed by atoms with Crippen LogP contribution in [0.1, 0.15) is 18.1 Å². The van der Waals surface area contributed by atoms with Gasteiger partial charge in [-0.15, -0.1) is 0 Å². The van der Waals surface area contributed by atoms with Crippen LogP contribution in [0.15, 0.2) is 30.3 Å². The van der Waals surface area contributed by atoms with Crippen LogP contribution < -0.4 is 9.47 Å². The number of halogens is 3. The second-order valence-electron chi connectivity index (χ2n) is 5.42. The molecule has 0 aliphatic carbocycles. The molecule has 0 aliphatic heterocycles. The summed E-state index contributed by atoms with van der Waals surface area (Å²) in [7, 11) is 0. The van der Waals surface area contributed by atoms with Crippen LogP contribution >= 0.6 is 0 Å². The lowest BCUT2D eigenvalue weighted by Gasteiger charge is -2.10. The van der Waals surface area contributed by atoms with E-state index in [1.807, 2.05) is 0 Å². The highest BCUT2D eigenvalue weighted by molar-refractivity contribution is 5.78. The van der Waals surface area contributed by atoms with E-state index in [-0.39, 0.29) is 17.8 Å². The average molecular weight is 352 g/mol. The van der Waals surface area contributed by atoms with E-state index in [0.717, 1.165) is 5.56 Å². The number of ether oxygens (including phenoxy) is 2. The summed E-state index contributed by atoms with van der Waals surface area (Å²) in [6.07, 6.45) is 0.278. The molecule has 0 bridgehead atoms. The zero-order chi connectivity index (χ0) is 18.6. The summed E-state index contributed by atoms with van der Waals surface area (Å²) in [6.45, 7) is 2.06. The molecule has 2 rings (SSSR count). The number of esters is 1. The molecule has 2 aromatic rings. The van der Waals surface area contributed by atoms with Gasteiger partial charge >= 0.3 is 5.97 Å². The first-order chi connectivity index (χ1) is 11.8. The van der Waals surface area contributed by atoms with E-state index >= 15 is 0 Å². The van der Waals surface area contributed by atoms with Crippen molar-refractivity contribution in [2.45, 2.75) is 20.3 Å². The van der Waals surface area contributed by atoms with Gasteiger partial charge in [0.1, 0.15) is 11.5 Å². The van der Waals surface area contributed by atoms with Gasteiger partial charge in [0.25, 0.3) is 0 Å². The summed E-state index contributed by atoms with van der Waals surface area (Å²) >= 11 is 0. The van der Waals surface area contributed by atoms with Gasteiger partial charge in [-0.2, -0.15) is 4.39 Å². The summed E-state index contributed by atoms with van der Waals surface area (Å²) in [5.74, 6) is -5.92. The van der Waals surface area contributed by atoms with Gasteiger partial charge in [-0.05, 0) is 43.2 Å². The summed E-state index contributed by atoms with van der Waals surface area (Å²) in [5, 5.41) is 0. The largest absolute Gasteiger partial charge is 0.482 e. The smallest absolute Gasteiger partial charge is 0.349 e. The van der Waals surface area contributed by atoms with Crippen molar-refractivity contribution in [3.63, 3.8) is 0 Å². The van der Waals surface area contributed by atoms with E-state index in [2.05, 4.69) is 4.74 Å². The monoisotopic (exact) mass is 352 g/mol. The third-order valence-electron chi connectivity index (χ3n) is 3.25. The van der Waals surface area contributed by atoms with Crippen molar-refractivity contribution in [1.29, 1.82) is 0 Å². The fourth-order valence-corrected chi connectivity index (χ4v) is 2.07. The highest BCUT2D eigenvalue weighted by Gasteiger charge is 2.21. The molecule has 0 fully saturated rings. The molecule has 132 valence electrons. The van der Waals surface area contributed by atoms with Gasteiger partial charge in [-0.1, -0.05) is 12.1 Å². The second-order valence-corrected chi connectivity index (χ2v) is 5.42. The van der Waals surface area contributed by atoms with E-state index in [9.17, 15) is 22.8 Å². The molecule has 0 radical (unpaired) electrons. The van der Waals surface area contributed by atoms with Crippen LogP contribution in [0.25, 0.3) is 0 Å². The standard InChI is InChI=1S/C18H15F3O4/c1-10-7-14(19)17(21)18(16(10)20)25-15(23)9-24-13-5-3-12(4-6-13)8-11(2)22/h3-7H,8-9H2,1-2H3. The van der Waals surface area contributed by atoms with Gasteiger partial charge in [-0.3, -0.25) is 4.79 Å². The highest BCUT2D eigenvalue weighted by Crippen LogP contribution is 2.27. The minimum atomic E-state index is -1.58. The molecule has 2 aromatic carbocycles. The number of carbonyl (C=O) groups is 2. The molecule has 25 heavy (non-hydrogen) atoms. The molecule has 0 atom stereocenters. The lowest BCUT2D eigenvalue weighted by Crippen LogP contribution is -2.19. The summed E-state index contributed by atoms with van der Waals surface area (Å²) < 4.78 is 50.3. The Morgan fingerprint density at radius 1 is 1.04 bits per heavy atom. The lowest BCUT2D eigenvalue weighted by atomic mass is 10.1. The van der Waals surface area contributed by atoms with E-state index in [1.54, 1.807) is 24.3 Å². The molecule has 0 aromatic heterocycles. The van der Waals surface area contributed by atoms with Crippen molar-refractivity contribution in [3.8, 4) is 11.5 Å². The van der Waals surface area contributed by atoms with E-state index in [0.29, 0.717) is 11.8 Å². The molecular weight excluding hydrogens is 337 g/mol. The number of hydrogen-bond donors (Lipinski definition) is 0. The Labute approximate surface area is 142 Å². The Morgan fingerprint density at radius 2 is 1.68 bits per heavy atom. The maximum atomic E-state index is 13.8. The topological polar surface area (TPSA) is 52.6 Å². The molecule has 0 saturated heterocycles. The van der Waals surface area contributed by atoms with Gasteiger partial charge in [0.15, 0.2) is 18.2 Å². The molecule has 4 nitrogen and oxygen atoms in total. The highest BCUT2D eigenvalue weighted by atomic mass is 19.2. The molecule has 0 spiro atoms. The molecule has 0 heterocycles. The molecule has 7 heteroatoms. The van der Waals surface area contributed by atoms with E-state index in [4.69, 9.17) is 4.74 Å². The number of rotatable bonds is 6. The number of aryl methyl sites for hydroxylation is 1. The first-order valence-electron chi connectivity index (χ1n) is 7.34. The van der Waals surface area contributed by atoms with Gasteiger partial charge in [0, 0.05) is 6.42 Å². The number of carbonyl (C=O) groups excluding carboxylic acids is 2. The number of hydrogen-bond acceptors (Lipinski definition) is 4. The Hall–Kier alpha value is -2.83. The Morgan fingerprint density at radius 3 is 2.28 bits per heavy atom. The van der Waals surface area contributed by atoms with Crippen molar-refractivity contribution in [3.05, 3.63) is 58.9 Å². The Bertz CT molecular complexity index is 775. The van der Waals surface area contributed by atoms with Crippen LogP contribution in [0.3, 0.4) is 0 Å². The first kappa shape index (κ1) is 18.5. The van der Waals surface area contributed by atoms with Crippen molar-refractivity contribution >= 4 is 11.8 Å². The minimum Gasteiger partial charge on any atom is -0.482 e. The lowest BCUT2D eigenvalue weighted by molar-refractivity contribution is -0.137. The molecule has 0 aliphatic rings. The average Bonchev–Trinajstić information content (AvgIpc) is 2.56. The predicted octanol–water partition coefficient (Wildman–Crippen LogP) is 3.53. The zero-order valence-electron chi connectivity index (χ0n) is 13.6. The Balaban J connectivity index is 1.99. The molecular formula is C18H15F3O4. The van der Waals surface area contributed by atoms with Crippen LogP contribution in [0.2, 0.25) is 0 Å². The third-order valence-corrected chi connectivity index (χ3v) is 3.25. The fourth-order valence-electron chi connectivity index (χ4n) is 2.07. The minimum absolute atomic E-state index is 0.00619. The predicted molar refractivity (Wildman–Crippen MR) is 83.0 cm³/mol. The van der Waals surface area contributed by atoms with Crippen LogP contribution in [-0.4, -0.2) is 18.4 Å². The summed E-state index contributed by atoms with van der Waals surface area (Å²) in [6, 6.07) is 7.05. The van der Waals surface area contributed by atoms with Gasteiger partial charge < -0.3 is 9.47 Å². The zero-order valence-corrected chi connectivity index (χ0v) is 13.6. The third kappa shape index (κ3) is 4.82. The SMILES string of the molecule is CC(=O)Cc1ccc(OCC(=O)Oc2c(F)c(C)cc(F)c2F)cc1. The van der Waals surface area contributed by atoms with Gasteiger partial charge in [0.05, 0.1) is 0 Å². The summed E-state index contributed by atoms with van der Waals surface area (Å²) in [5.41, 5.74) is 0.588. The van der Waals surface area contributed by atoms with Crippen LogP contribution in [0.5, 0.6) is 11.5 Å². The van der Waals surface area contributed by atoms with Crippen molar-refractivity contribution in [2.24, 2.45) is 0 Å². The Kier molecular flexibility index (Phi) is 5.80. The molecule has 0 unspecified atom stereocenters. The molecule has 0 N–H and O–H groups in total.